The molecule has 0 radical (unpaired) electrons. The lowest BCUT2D eigenvalue weighted by molar-refractivity contribution is 0.523. The van der Waals surface area contributed by atoms with Crippen molar-refractivity contribution in [1.82, 2.24) is 14.9 Å². The van der Waals surface area contributed by atoms with E-state index < -0.39 is 10.0 Å². The van der Waals surface area contributed by atoms with Crippen molar-refractivity contribution in [2.75, 3.05) is 21.1 Å². The van der Waals surface area contributed by atoms with Gasteiger partial charge in [0.1, 0.15) is 4.21 Å². The molecule has 0 fully saturated rings. The molecule has 0 bridgehead atoms. The van der Waals surface area contributed by atoms with Crippen LogP contribution in [0.1, 0.15) is 10.4 Å². The molecule has 144 valence electrons. The molecule has 0 aliphatic heterocycles. The van der Waals surface area contributed by atoms with Gasteiger partial charge >= 0.3 is 0 Å². The van der Waals surface area contributed by atoms with Crippen molar-refractivity contribution in [3.05, 3.63) is 51.9 Å². The Morgan fingerprint density at radius 1 is 1.19 bits per heavy atom. The first-order valence-electron chi connectivity index (χ1n) is 7.53. The molecule has 0 atom stereocenters. The van der Waals surface area contributed by atoms with Gasteiger partial charge in [-0.25, -0.2) is 12.7 Å². The van der Waals surface area contributed by atoms with E-state index in [1.54, 1.807) is 19.2 Å². The van der Waals surface area contributed by atoms with Crippen LogP contribution in [0.2, 0.25) is 5.02 Å². The Morgan fingerprint density at radius 2 is 1.88 bits per heavy atom. The van der Waals surface area contributed by atoms with Crippen molar-refractivity contribution in [1.29, 1.82) is 0 Å². The second-order valence-corrected chi connectivity index (χ2v) is 9.40. The van der Waals surface area contributed by atoms with Gasteiger partial charge in [0.05, 0.1) is 6.54 Å². The Bertz CT molecular complexity index is 853. The third-order valence-corrected chi connectivity index (χ3v) is 6.98. The molecule has 0 spiro atoms. The first-order chi connectivity index (χ1) is 11.8. The normalized spacial score (nSPS) is 12.0. The summed E-state index contributed by atoms with van der Waals surface area (Å²) >= 11 is 7.22. The maximum absolute atomic E-state index is 12.1. The minimum absolute atomic E-state index is 0. The lowest BCUT2D eigenvalue weighted by atomic mass is 10.2. The van der Waals surface area contributed by atoms with Crippen molar-refractivity contribution < 1.29 is 8.42 Å². The number of guanidine groups is 1. The first kappa shape index (κ1) is 23.2. The van der Waals surface area contributed by atoms with Crippen LogP contribution in [0.25, 0.3) is 0 Å². The maximum Gasteiger partial charge on any atom is 0.252 e. The van der Waals surface area contributed by atoms with Crippen LogP contribution in [0.15, 0.2) is 45.6 Å². The molecule has 10 heteroatoms. The molecule has 2 N–H and O–H groups in total. The molecule has 0 amide bonds. The summed E-state index contributed by atoms with van der Waals surface area (Å²) in [7, 11) is 1.34. The highest BCUT2D eigenvalue weighted by atomic mass is 127. The van der Waals surface area contributed by atoms with Gasteiger partial charge < -0.3 is 10.6 Å². The number of nitrogens with zero attached hydrogens (tertiary/aromatic N) is 2. The number of rotatable bonds is 6. The van der Waals surface area contributed by atoms with Crippen LogP contribution in [-0.2, 0) is 23.1 Å². The van der Waals surface area contributed by atoms with Crippen LogP contribution in [0.4, 0.5) is 0 Å². The zero-order valence-electron chi connectivity index (χ0n) is 14.7. The SMILES string of the molecule is CN=C(NCc1cccc(Cl)c1)NCc1ccc(S(=O)(=O)N(C)C)s1.I. The molecule has 2 rings (SSSR count). The molecule has 1 aromatic heterocycles. The largest absolute Gasteiger partial charge is 0.352 e. The number of sulfonamides is 1. The summed E-state index contributed by atoms with van der Waals surface area (Å²) < 4.78 is 25.7. The number of hydrogen-bond donors (Lipinski definition) is 2. The van der Waals surface area contributed by atoms with Gasteiger partial charge in [-0.3, -0.25) is 4.99 Å². The standard InChI is InChI=1S/C16H21ClN4O2S2.HI/c1-18-16(19-10-12-5-4-6-13(17)9-12)20-11-14-7-8-15(24-14)25(22,23)21(2)3;/h4-9H,10-11H2,1-3H3,(H2,18,19,20);1H. The van der Waals surface area contributed by atoms with E-state index in [9.17, 15) is 8.42 Å². The van der Waals surface area contributed by atoms with E-state index in [4.69, 9.17) is 11.6 Å². The number of nitrogens with one attached hydrogen (secondary N) is 2. The maximum atomic E-state index is 12.1. The minimum atomic E-state index is -3.38. The molecular weight excluding hydrogens is 507 g/mol. The minimum Gasteiger partial charge on any atom is -0.352 e. The fraction of sp³-hybridized carbons (Fsp3) is 0.312. The van der Waals surface area contributed by atoms with E-state index in [0.717, 1.165) is 10.4 Å². The molecule has 0 aliphatic carbocycles. The number of benzene rings is 1. The van der Waals surface area contributed by atoms with Gasteiger partial charge in [0.2, 0.25) is 0 Å². The Kier molecular flexibility index (Phi) is 9.31. The van der Waals surface area contributed by atoms with Gasteiger partial charge in [-0.05, 0) is 29.8 Å². The van der Waals surface area contributed by atoms with Crippen LogP contribution < -0.4 is 10.6 Å². The smallest absolute Gasteiger partial charge is 0.252 e. The van der Waals surface area contributed by atoms with E-state index in [1.807, 2.05) is 24.3 Å². The van der Waals surface area contributed by atoms with Gasteiger partial charge in [0.25, 0.3) is 10.0 Å². The molecule has 2 aromatic rings. The van der Waals surface area contributed by atoms with Crippen molar-refractivity contribution in [3.8, 4) is 0 Å². The second kappa shape index (κ2) is 10.5. The number of aliphatic imine (C=N–C) groups is 1. The van der Waals surface area contributed by atoms with Crippen molar-refractivity contribution in [2.24, 2.45) is 4.99 Å². The van der Waals surface area contributed by atoms with E-state index >= 15 is 0 Å². The predicted molar refractivity (Wildman–Crippen MR) is 119 cm³/mol. The average Bonchev–Trinajstić information content (AvgIpc) is 3.04. The lowest BCUT2D eigenvalue weighted by Gasteiger charge is -2.11. The fourth-order valence-electron chi connectivity index (χ4n) is 2.00. The molecule has 26 heavy (non-hydrogen) atoms. The number of hydrogen-bond acceptors (Lipinski definition) is 4. The van der Waals surface area contributed by atoms with E-state index in [1.165, 1.54) is 29.7 Å². The van der Waals surface area contributed by atoms with Gasteiger partial charge in [0.15, 0.2) is 5.96 Å². The fourth-order valence-corrected chi connectivity index (χ4v) is 4.67. The molecule has 1 aromatic carbocycles. The summed E-state index contributed by atoms with van der Waals surface area (Å²) in [6, 6.07) is 11.0. The van der Waals surface area contributed by atoms with E-state index in [0.29, 0.717) is 28.3 Å². The quantitative estimate of drug-likeness (QED) is 0.343. The Hall–Kier alpha value is -0.880. The number of halogens is 2. The Balaban J connectivity index is 0.00000338. The summed E-state index contributed by atoms with van der Waals surface area (Å²) in [5.41, 5.74) is 1.05. The van der Waals surface area contributed by atoms with Crippen LogP contribution in [-0.4, -0.2) is 39.8 Å². The predicted octanol–water partition coefficient (Wildman–Crippen LogP) is 3.14. The van der Waals surface area contributed by atoms with Crippen molar-refractivity contribution in [3.63, 3.8) is 0 Å². The van der Waals surface area contributed by atoms with Gasteiger partial charge in [-0.15, -0.1) is 35.3 Å². The monoisotopic (exact) mass is 528 g/mol. The molecule has 0 saturated carbocycles. The summed E-state index contributed by atoms with van der Waals surface area (Å²) in [5.74, 6) is 0.630. The Labute approximate surface area is 180 Å². The van der Waals surface area contributed by atoms with Gasteiger partial charge in [0, 0.05) is 37.6 Å². The van der Waals surface area contributed by atoms with Crippen LogP contribution >= 0.6 is 46.9 Å². The zero-order valence-corrected chi connectivity index (χ0v) is 19.4. The molecule has 0 unspecified atom stereocenters. The average molecular weight is 529 g/mol. The molecule has 1 heterocycles. The van der Waals surface area contributed by atoms with Crippen LogP contribution in [0, 0.1) is 0 Å². The van der Waals surface area contributed by atoms with Gasteiger partial charge in [-0.1, -0.05) is 23.7 Å². The zero-order chi connectivity index (χ0) is 18.4. The lowest BCUT2D eigenvalue weighted by Crippen LogP contribution is -2.36. The Morgan fingerprint density at radius 3 is 2.50 bits per heavy atom. The summed E-state index contributed by atoms with van der Waals surface area (Å²) in [6.07, 6.45) is 0. The summed E-state index contributed by atoms with van der Waals surface area (Å²) in [5, 5.41) is 7.06. The van der Waals surface area contributed by atoms with Gasteiger partial charge in [-0.2, -0.15) is 0 Å². The topological polar surface area (TPSA) is 73.8 Å². The molecule has 0 aliphatic rings. The van der Waals surface area contributed by atoms with Crippen molar-refractivity contribution >= 4 is 62.9 Å². The van der Waals surface area contributed by atoms with Crippen molar-refractivity contribution in [2.45, 2.75) is 17.3 Å². The molecule has 0 saturated heterocycles. The highest BCUT2D eigenvalue weighted by Gasteiger charge is 2.19. The summed E-state index contributed by atoms with van der Waals surface area (Å²) in [6.45, 7) is 1.08. The highest BCUT2D eigenvalue weighted by molar-refractivity contribution is 14.0. The first-order valence-corrected chi connectivity index (χ1v) is 10.2. The molecular formula is C16H22ClIN4O2S2. The summed E-state index contributed by atoms with van der Waals surface area (Å²) in [4.78, 5) is 5.07. The van der Waals surface area contributed by atoms with E-state index in [2.05, 4.69) is 15.6 Å². The van der Waals surface area contributed by atoms with Crippen LogP contribution in [0.5, 0.6) is 0 Å². The number of thiophene rings is 1. The third kappa shape index (κ3) is 6.38. The second-order valence-electron chi connectivity index (χ2n) is 5.42. The molecule has 6 nitrogen and oxygen atoms in total. The highest BCUT2D eigenvalue weighted by Crippen LogP contribution is 2.23. The third-order valence-electron chi connectivity index (χ3n) is 3.37. The van der Waals surface area contributed by atoms with Crippen LogP contribution in [0.3, 0.4) is 0 Å². The van der Waals surface area contributed by atoms with E-state index in [-0.39, 0.29) is 24.0 Å².